The minimum atomic E-state index is -6.44. The fourth-order valence-electron chi connectivity index (χ4n) is 3.39. The Balaban J connectivity index is 1.58. The van der Waals surface area contributed by atoms with E-state index < -0.39 is 68.5 Å². The number of nitrogen functional groups attached to an aromatic ring is 1. The molecular weight excluding hydrogens is 644 g/mol. The van der Waals surface area contributed by atoms with Crippen LogP contribution in [0.1, 0.15) is 38.3 Å². The van der Waals surface area contributed by atoms with Crippen molar-refractivity contribution in [3.05, 3.63) is 16.7 Å². The topological polar surface area (TPSA) is 352 Å². The number of phosphoric ester groups is 2. The number of hydrogen-bond donors (Lipinski definition) is 4. The first-order valence-corrected chi connectivity index (χ1v) is 17.2. The molecule has 26 heteroatoms. The predicted octanol–water partition coefficient (Wildman–Crippen LogP) is -2.22. The summed E-state index contributed by atoms with van der Waals surface area (Å²) in [5.41, 5.74) is 9.79. The van der Waals surface area contributed by atoms with Gasteiger partial charge in [-0.15, -0.1) is 0 Å². The summed E-state index contributed by atoms with van der Waals surface area (Å²) in [5, 5.41) is 10.2. The second-order valence-corrected chi connectivity index (χ2v) is 14.2. The number of phosphoric acid groups is 4. The fraction of sp³-hybridized carbons (Fsp3) is 0.667. The van der Waals surface area contributed by atoms with E-state index in [-0.39, 0.29) is 23.5 Å². The Morgan fingerprint density at radius 2 is 1.63 bits per heavy atom. The molecule has 0 aromatic carbocycles. The molecule has 1 saturated heterocycles. The Hall–Kier alpha value is -1.41. The number of fused-ring (bicyclic) bond motifs is 1. The zero-order valence-corrected chi connectivity index (χ0v) is 24.2. The van der Waals surface area contributed by atoms with Gasteiger partial charge in [0, 0.05) is 6.42 Å². The summed E-state index contributed by atoms with van der Waals surface area (Å²) in [6.07, 6.45) is -2.52. The number of aromatic nitrogens is 4. The third-order valence-corrected chi connectivity index (χ3v) is 10.8. The molecule has 0 aliphatic carbocycles. The highest BCUT2D eigenvalue weighted by Crippen LogP contribution is 2.67. The predicted molar refractivity (Wildman–Crippen MR) is 125 cm³/mol. The first-order chi connectivity index (χ1) is 18.9. The quantitative estimate of drug-likeness (QED) is 0.109. The fourth-order valence-corrected chi connectivity index (χ4v) is 8.24. The molecule has 22 nitrogen and oxygen atoms in total. The standard InChI is InChI=1S/C15H28N6O16P4/c16-5-3-1-2-4-6-32-38(24,25)35-40(28,29)37-41(30,31)36-39(26,27)34-14-9(22)7-10(33-14)21-8-18-11-12(21)19-15(17)20-13(11)23/h8-10,14,22H,1-7,16H2,(H,24,25)(H,26,27)(H,28,29)(H,30,31)(H3,17,19,20,23)/p-4/t9?,10-,14-/m1/s1. The maximum Gasteiger partial charge on any atom is 0.280 e. The lowest BCUT2D eigenvalue weighted by Crippen LogP contribution is -2.26. The van der Waals surface area contributed by atoms with Crippen LogP contribution in [0.3, 0.4) is 0 Å². The van der Waals surface area contributed by atoms with Crippen LogP contribution in [0.5, 0.6) is 0 Å². The van der Waals surface area contributed by atoms with E-state index in [4.69, 9.17) is 16.2 Å². The molecule has 0 spiro atoms. The minimum absolute atomic E-state index is 0.111. The van der Waals surface area contributed by atoms with Gasteiger partial charge in [-0.3, -0.25) is 37.1 Å². The summed E-state index contributed by atoms with van der Waals surface area (Å²) in [6, 6.07) is 0. The molecule has 1 fully saturated rings. The summed E-state index contributed by atoms with van der Waals surface area (Å²) in [5.74, 6) is -0.294. The van der Waals surface area contributed by atoms with Crippen molar-refractivity contribution in [2.24, 2.45) is 5.73 Å². The number of anilines is 1. The SMILES string of the molecule is NCCCCCCOP(=O)([O-])OP(=O)([O-])OP(=O)([O-])OP(=O)([O-])O[C@H]1O[C@@H](n2cnc3c(=O)[nH]c(N)nc32)CC1O. The molecule has 0 saturated carbocycles. The molecule has 0 bridgehead atoms. The normalized spacial score (nSPS) is 25.4. The van der Waals surface area contributed by atoms with Crippen molar-refractivity contribution >= 4 is 48.4 Å². The largest absolute Gasteiger partial charge is 0.756 e. The average Bonchev–Trinajstić information content (AvgIpc) is 3.36. The number of aliphatic hydroxyl groups excluding tert-OH is 1. The van der Waals surface area contributed by atoms with Gasteiger partial charge >= 0.3 is 0 Å². The molecule has 5 unspecified atom stereocenters. The minimum Gasteiger partial charge on any atom is -0.756 e. The molecule has 41 heavy (non-hydrogen) atoms. The number of aliphatic hydroxyl groups is 1. The van der Waals surface area contributed by atoms with E-state index in [1.54, 1.807) is 0 Å². The number of ether oxygens (including phenoxy) is 1. The van der Waals surface area contributed by atoms with Crippen molar-refractivity contribution in [3.8, 4) is 0 Å². The molecule has 3 rings (SSSR count). The van der Waals surface area contributed by atoms with Crippen molar-refractivity contribution in [1.29, 1.82) is 0 Å². The number of nitrogens with one attached hydrogen (secondary N) is 1. The van der Waals surface area contributed by atoms with Gasteiger partial charge < -0.3 is 45.4 Å². The van der Waals surface area contributed by atoms with Crippen LogP contribution in [0.2, 0.25) is 0 Å². The number of H-pyrrole nitrogens is 1. The van der Waals surface area contributed by atoms with Crippen LogP contribution in [-0.4, -0.2) is 50.2 Å². The summed E-state index contributed by atoms with van der Waals surface area (Å²) in [4.78, 5) is 69.3. The van der Waals surface area contributed by atoms with Crippen molar-refractivity contribution in [2.45, 2.75) is 50.7 Å². The van der Waals surface area contributed by atoms with Gasteiger partial charge in [0.05, 0.1) is 12.9 Å². The van der Waals surface area contributed by atoms with E-state index in [0.29, 0.717) is 25.8 Å². The highest BCUT2D eigenvalue weighted by Gasteiger charge is 2.40. The van der Waals surface area contributed by atoms with Crippen molar-refractivity contribution in [1.82, 2.24) is 19.5 Å². The van der Waals surface area contributed by atoms with Crippen molar-refractivity contribution < 1.29 is 69.7 Å². The van der Waals surface area contributed by atoms with Crippen molar-refractivity contribution in [3.63, 3.8) is 0 Å². The highest BCUT2D eigenvalue weighted by molar-refractivity contribution is 7.68. The van der Waals surface area contributed by atoms with E-state index in [1.165, 1.54) is 0 Å². The molecule has 0 amide bonds. The van der Waals surface area contributed by atoms with E-state index in [2.05, 4.69) is 36.9 Å². The molecule has 2 aromatic heterocycles. The third kappa shape index (κ3) is 10.1. The second kappa shape index (κ2) is 13.5. The molecule has 0 radical (unpaired) electrons. The number of rotatable bonds is 16. The smallest absolute Gasteiger partial charge is 0.280 e. The van der Waals surface area contributed by atoms with Gasteiger partial charge in [-0.05, 0) is 19.4 Å². The van der Waals surface area contributed by atoms with E-state index in [0.717, 1.165) is 10.9 Å². The summed E-state index contributed by atoms with van der Waals surface area (Å²) < 4.78 is 73.1. The zero-order chi connectivity index (χ0) is 30.6. The van der Waals surface area contributed by atoms with Crippen LogP contribution in [0.15, 0.2) is 11.1 Å². The Bertz CT molecular complexity index is 1470. The van der Waals surface area contributed by atoms with Crippen molar-refractivity contribution in [2.75, 3.05) is 18.9 Å². The summed E-state index contributed by atoms with van der Waals surface area (Å²) >= 11 is 0. The zero-order valence-electron chi connectivity index (χ0n) is 20.6. The lowest BCUT2D eigenvalue weighted by molar-refractivity contribution is -0.262. The van der Waals surface area contributed by atoms with Crippen LogP contribution in [-0.2, 0) is 45.0 Å². The monoisotopic (exact) mass is 668 g/mol. The first kappa shape index (κ1) is 34.1. The number of imidazole rings is 1. The number of aromatic amines is 1. The molecule has 234 valence electrons. The van der Waals surface area contributed by atoms with Gasteiger partial charge in [-0.1, -0.05) is 12.8 Å². The summed E-state index contributed by atoms with van der Waals surface area (Å²) in [6.45, 7) is -0.103. The van der Waals surface area contributed by atoms with Gasteiger partial charge in [-0.2, -0.15) is 4.98 Å². The maximum absolute atomic E-state index is 12.1. The molecule has 7 atom stereocenters. The molecular formula is C15H24N6O16P4-4. The Labute approximate surface area is 230 Å². The van der Waals surface area contributed by atoms with Crippen LogP contribution < -0.4 is 36.6 Å². The van der Waals surface area contributed by atoms with Gasteiger partial charge in [0.2, 0.25) is 5.95 Å². The van der Waals surface area contributed by atoms with Crippen LogP contribution in [0, 0.1) is 0 Å². The van der Waals surface area contributed by atoms with E-state index in [9.17, 15) is 47.7 Å². The number of hydrogen-bond acceptors (Lipinski definition) is 20. The number of unbranched alkanes of at least 4 members (excludes halogenated alkanes) is 3. The van der Waals surface area contributed by atoms with Crippen LogP contribution >= 0.6 is 31.3 Å². The van der Waals surface area contributed by atoms with Crippen LogP contribution in [0.25, 0.3) is 11.2 Å². The Morgan fingerprint density at radius 1 is 1.02 bits per heavy atom. The Morgan fingerprint density at radius 3 is 2.29 bits per heavy atom. The second-order valence-electron chi connectivity index (χ2n) is 8.21. The van der Waals surface area contributed by atoms with Gasteiger partial charge in [0.1, 0.15) is 12.3 Å². The molecule has 3 heterocycles. The van der Waals surface area contributed by atoms with E-state index >= 15 is 0 Å². The first-order valence-electron chi connectivity index (χ1n) is 11.4. The number of nitrogens with two attached hydrogens (primary N) is 2. The Kier molecular flexibility index (Phi) is 11.2. The summed E-state index contributed by atoms with van der Waals surface area (Å²) in [7, 11) is -24.5. The highest BCUT2D eigenvalue weighted by atomic mass is 31.3. The van der Waals surface area contributed by atoms with Gasteiger partial charge in [-0.25, -0.2) is 17.9 Å². The molecule has 1 aliphatic heterocycles. The van der Waals surface area contributed by atoms with Crippen LogP contribution in [0.4, 0.5) is 5.95 Å². The molecule has 2 aromatic rings. The lowest BCUT2D eigenvalue weighted by Gasteiger charge is -2.36. The maximum atomic E-state index is 12.1. The average molecular weight is 668 g/mol. The number of nitrogens with zero attached hydrogens (tertiary/aromatic N) is 3. The third-order valence-electron chi connectivity index (χ3n) is 4.99. The lowest BCUT2D eigenvalue weighted by atomic mass is 10.2. The molecule has 1 aliphatic rings. The van der Waals surface area contributed by atoms with Gasteiger partial charge in [0.25, 0.3) is 36.9 Å². The van der Waals surface area contributed by atoms with Gasteiger partial charge in [0.15, 0.2) is 17.5 Å². The molecule has 6 N–H and O–H groups in total. The van der Waals surface area contributed by atoms with E-state index in [1.807, 2.05) is 0 Å².